The minimum atomic E-state index is 0.388. The van der Waals surface area contributed by atoms with Crippen molar-refractivity contribution in [3.63, 3.8) is 0 Å². The zero-order valence-corrected chi connectivity index (χ0v) is 19.4. The van der Waals surface area contributed by atoms with Crippen LogP contribution in [0.4, 0.5) is 5.95 Å². The average molecular weight is 457 g/mol. The molecule has 0 bridgehead atoms. The maximum atomic E-state index is 5.77. The van der Waals surface area contributed by atoms with Gasteiger partial charge in [-0.2, -0.15) is 15.2 Å². The Morgan fingerprint density at radius 1 is 1.09 bits per heavy atom. The third-order valence-electron chi connectivity index (χ3n) is 6.69. The molecule has 9 nitrogen and oxygen atoms in total. The highest BCUT2D eigenvalue weighted by molar-refractivity contribution is 5.95. The van der Waals surface area contributed by atoms with Crippen molar-refractivity contribution in [3.05, 3.63) is 49.3 Å². The van der Waals surface area contributed by atoms with Crippen LogP contribution in [0, 0.1) is 0 Å². The van der Waals surface area contributed by atoms with Crippen molar-refractivity contribution in [3.8, 4) is 22.3 Å². The van der Waals surface area contributed by atoms with Crippen molar-refractivity contribution in [1.29, 1.82) is 0 Å². The number of nitrogens with zero attached hydrogens (tertiary/aromatic N) is 6. The van der Waals surface area contributed by atoms with E-state index in [1.165, 1.54) is 0 Å². The van der Waals surface area contributed by atoms with Crippen LogP contribution in [0.5, 0.6) is 0 Å². The number of nitrogens with one attached hydrogen (secondary N) is 2. The van der Waals surface area contributed by atoms with Crippen LogP contribution >= 0.6 is 0 Å². The first-order valence-electron chi connectivity index (χ1n) is 11.9. The van der Waals surface area contributed by atoms with E-state index < -0.39 is 0 Å². The van der Waals surface area contributed by atoms with Crippen molar-refractivity contribution in [2.24, 2.45) is 7.05 Å². The van der Waals surface area contributed by atoms with Crippen LogP contribution in [-0.2, 0) is 11.8 Å². The molecular weight excluding hydrogens is 428 g/mol. The Balaban J connectivity index is 1.26. The summed E-state index contributed by atoms with van der Waals surface area (Å²) in [6.07, 6.45) is 16.3. The summed E-state index contributed by atoms with van der Waals surface area (Å²) in [7, 11) is 1.92. The molecule has 0 saturated heterocycles. The maximum absolute atomic E-state index is 5.77. The lowest BCUT2D eigenvalue weighted by molar-refractivity contribution is 0.0346. The number of H-pyrrole nitrogens is 1. The molecule has 174 valence electrons. The molecule has 0 radical (unpaired) electrons. The zero-order valence-electron chi connectivity index (χ0n) is 19.4. The highest BCUT2D eigenvalue weighted by Crippen LogP contribution is 2.32. The lowest BCUT2D eigenvalue weighted by atomic mass is 9.93. The Hall–Kier alpha value is -3.72. The number of hydrogen-bond donors (Lipinski definition) is 2. The first kappa shape index (κ1) is 20.9. The summed E-state index contributed by atoms with van der Waals surface area (Å²) in [5, 5.41) is 13.3. The molecule has 0 amide bonds. The summed E-state index contributed by atoms with van der Waals surface area (Å²) in [4.78, 5) is 12.7. The quantitative estimate of drug-likeness (QED) is 0.392. The Bertz CT molecular complexity index is 1440. The number of aryl methyl sites for hydroxylation is 1. The van der Waals surface area contributed by atoms with E-state index in [4.69, 9.17) is 9.72 Å². The normalized spacial score (nSPS) is 18.6. The molecule has 0 unspecified atom stereocenters. The largest absolute Gasteiger partial charge is 0.379 e. The van der Waals surface area contributed by atoms with Crippen molar-refractivity contribution in [1.82, 2.24) is 34.3 Å². The topological polar surface area (TPSA) is 98.0 Å². The number of ether oxygens (including phenoxy) is 1. The van der Waals surface area contributed by atoms with Gasteiger partial charge in [-0.25, -0.2) is 9.50 Å². The fourth-order valence-electron chi connectivity index (χ4n) is 4.94. The number of aromatic nitrogens is 7. The molecule has 34 heavy (non-hydrogen) atoms. The molecule has 6 rings (SSSR count). The van der Waals surface area contributed by atoms with Gasteiger partial charge in [0.1, 0.15) is 5.65 Å². The molecule has 1 saturated carbocycles. The van der Waals surface area contributed by atoms with E-state index in [-0.39, 0.29) is 0 Å². The maximum Gasteiger partial charge on any atom is 0.224 e. The molecule has 0 atom stereocenters. The number of aromatic amines is 1. The fourth-order valence-corrected chi connectivity index (χ4v) is 4.94. The minimum Gasteiger partial charge on any atom is -0.379 e. The van der Waals surface area contributed by atoms with Gasteiger partial charge in [0.25, 0.3) is 0 Å². The first-order valence-corrected chi connectivity index (χ1v) is 11.9. The molecule has 2 N–H and O–H groups in total. The Kier molecular flexibility index (Phi) is 5.26. The summed E-state index contributed by atoms with van der Waals surface area (Å²) < 4.78 is 9.46. The van der Waals surface area contributed by atoms with Gasteiger partial charge in [0.05, 0.1) is 24.0 Å². The monoisotopic (exact) mass is 456 g/mol. The summed E-state index contributed by atoms with van der Waals surface area (Å²) in [5.41, 5.74) is 6.11. The molecule has 0 aromatic carbocycles. The summed E-state index contributed by atoms with van der Waals surface area (Å²) in [6, 6.07) is 4.61. The van der Waals surface area contributed by atoms with Crippen molar-refractivity contribution in [2.75, 3.05) is 11.9 Å². The molecule has 1 aliphatic carbocycles. The van der Waals surface area contributed by atoms with E-state index in [9.17, 15) is 0 Å². The lowest BCUT2D eigenvalue weighted by Gasteiger charge is -2.28. The van der Waals surface area contributed by atoms with E-state index in [2.05, 4.69) is 44.5 Å². The Morgan fingerprint density at radius 2 is 1.97 bits per heavy atom. The predicted molar refractivity (Wildman–Crippen MR) is 132 cm³/mol. The van der Waals surface area contributed by atoms with E-state index in [1.807, 2.05) is 48.7 Å². The minimum absolute atomic E-state index is 0.388. The zero-order chi connectivity index (χ0) is 23.1. The smallest absolute Gasteiger partial charge is 0.224 e. The molecule has 9 heteroatoms. The van der Waals surface area contributed by atoms with E-state index in [0.29, 0.717) is 18.1 Å². The van der Waals surface area contributed by atoms with Gasteiger partial charge >= 0.3 is 0 Å². The Morgan fingerprint density at radius 3 is 2.76 bits per heavy atom. The average Bonchev–Trinajstić information content (AvgIpc) is 3.57. The van der Waals surface area contributed by atoms with Gasteiger partial charge in [-0.05, 0) is 50.3 Å². The number of anilines is 1. The third-order valence-corrected chi connectivity index (χ3v) is 6.69. The van der Waals surface area contributed by atoms with Gasteiger partial charge in [-0.3, -0.25) is 4.68 Å². The number of fused-ring (bicyclic) bond motifs is 2. The second-order valence-corrected chi connectivity index (χ2v) is 8.94. The van der Waals surface area contributed by atoms with Crippen LogP contribution in [0.25, 0.3) is 38.8 Å². The second kappa shape index (κ2) is 8.57. The third kappa shape index (κ3) is 3.81. The highest BCUT2D eigenvalue weighted by Gasteiger charge is 2.22. The molecule has 0 spiro atoms. The molecule has 0 aliphatic heterocycles. The van der Waals surface area contributed by atoms with Crippen molar-refractivity contribution in [2.45, 2.75) is 44.8 Å². The molecule has 5 heterocycles. The number of rotatable bonds is 6. The van der Waals surface area contributed by atoms with Crippen LogP contribution in [-0.4, -0.2) is 53.1 Å². The molecular formula is C25H28N8O. The predicted octanol–water partition coefficient (Wildman–Crippen LogP) is 4.43. The van der Waals surface area contributed by atoms with Gasteiger partial charge < -0.3 is 15.0 Å². The number of hydrogen-bond acceptors (Lipinski definition) is 6. The SMILES string of the molecule is CCO[C@H]1CC[C@@H](Nc2ncc3c(-c4ccn5ncc(-c6cnn(C)c6)c5c4)c[nH]c3n2)CC1. The highest BCUT2D eigenvalue weighted by atomic mass is 16.5. The molecule has 5 aromatic heterocycles. The van der Waals surface area contributed by atoms with Crippen molar-refractivity contribution < 1.29 is 4.74 Å². The fraction of sp³-hybridized carbons (Fsp3) is 0.360. The summed E-state index contributed by atoms with van der Waals surface area (Å²) in [5.74, 6) is 0.672. The van der Waals surface area contributed by atoms with Crippen LogP contribution < -0.4 is 5.32 Å². The Labute approximate surface area is 197 Å². The van der Waals surface area contributed by atoms with Gasteiger partial charge in [0.2, 0.25) is 5.95 Å². The van der Waals surface area contributed by atoms with Gasteiger partial charge in [-0.1, -0.05) is 0 Å². The molecule has 5 aromatic rings. The molecule has 1 aliphatic rings. The van der Waals surface area contributed by atoms with Crippen LogP contribution in [0.1, 0.15) is 32.6 Å². The number of pyridine rings is 1. The van der Waals surface area contributed by atoms with E-state index >= 15 is 0 Å². The van der Waals surface area contributed by atoms with Crippen LogP contribution in [0.15, 0.2) is 49.3 Å². The van der Waals surface area contributed by atoms with Crippen molar-refractivity contribution >= 4 is 22.5 Å². The second-order valence-electron chi connectivity index (χ2n) is 8.94. The molecule has 1 fully saturated rings. The first-order chi connectivity index (χ1) is 16.7. The van der Waals surface area contributed by atoms with E-state index in [1.54, 1.807) is 4.68 Å². The lowest BCUT2D eigenvalue weighted by Crippen LogP contribution is -2.30. The van der Waals surface area contributed by atoms with Gasteiger partial charge in [0, 0.05) is 66.6 Å². The standard InChI is InChI=1S/C25H28N8O/c1-3-34-19-6-4-18(5-7-19)30-25-27-13-22-20(12-26-24(22)31-25)16-8-9-33-23(10-16)21(14-29-33)17-11-28-32(2)15-17/h8-15,18-19H,3-7H2,1-2H3,(H2,26,27,30,31)/t18-,19+. The summed E-state index contributed by atoms with van der Waals surface area (Å²) in [6.45, 7) is 2.85. The van der Waals surface area contributed by atoms with Crippen LogP contribution in [0.2, 0.25) is 0 Å². The van der Waals surface area contributed by atoms with E-state index in [0.717, 1.165) is 71.1 Å². The van der Waals surface area contributed by atoms with Gasteiger partial charge in [-0.15, -0.1) is 0 Å². The van der Waals surface area contributed by atoms with Crippen LogP contribution in [0.3, 0.4) is 0 Å². The van der Waals surface area contributed by atoms with Gasteiger partial charge in [0.15, 0.2) is 0 Å². The summed E-state index contributed by atoms with van der Waals surface area (Å²) >= 11 is 0.